The molecule has 0 radical (unpaired) electrons. The van der Waals surface area contributed by atoms with E-state index in [1.54, 1.807) is 61.5 Å². The van der Waals surface area contributed by atoms with Crippen molar-refractivity contribution in [2.75, 3.05) is 10.6 Å². The molecule has 1 aromatic heterocycles. The van der Waals surface area contributed by atoms with E-state index in [9.17, 15) is 9.59 Å². The summed E-state index contributed by atoms with van der Waals surface area (Å²) in [7, 11) is 0. The summed E-state index contributed by atoms with van der Waals surface area (Å²) in [5.41, 5.74) is 1.71. The summed E-state index contributed by atoms with van der Waals surface area (Å²) in [6.07, 6.45) is 0.733. The van der Waals surface area contributed by atoms with Crippen LogP contribution in [0.25, 0.3) is 0 Å². The number of nitrogens with one attached hydrogen (secondary N) is 2. The number of anilines is 2. The third-order valence-electron chi connectivity index (χ3n) is 3.96. The summed E-state index contributed by atoms with van der Waals surface area (Å²) < 4.78 is 10.8. The molecule has 1 heterocycles. The van der Waals surface area contributed by atoms with Crippen molar-refractivity contribution in [2.45, 2.75) is 20.0 Å². The fourth-order valence-electron chi connectivity index (χ4n) is 2.50. The maximum Gasteiger partial charge on any atom is 0.265 e. The minimum absolute atomic E-state index is 0.335. The van der Waals surface area contributed by atoms with Crippen LogP contribution in [0, 0.1) is 6.92 Å². The SMILES string of the molecule is Cc1cc(Cl)ccc1O[C@@H](C)C(=O)Nc1cccc(C(=O)Nc2ccco2)c1. The third-order valence-corrected chi connectivity index (χ3v) is 4.20. The van der Waals surface area contributed by atoms with Crippen LogP contribution in [0.2, 0.25) is 5.02 Å². The van der Waals surface area contributed by atoms with Crippen LogP contribution in [0.1, 0.15) is 22.8 Å². The summed E-state index contributed by atoms with van der Waals surface area (Å²) in [5, 5.41) is 5.99. The molecule has 0 aliphatic rings. The normalized spacial score (nSPS) is 11.5. The van der Waals surface area contributed by atoms with Crippen LogP contribution in [-0.4, -0.2) is 17.9 Å². The molecular weight excluding hydrogens is 380 g/mol. The fourth-order valence-corrected chi connectivity index (χ4v) is 2.73. The molecule has 6 nitrogen and oxygen atoms in total. The Morgan fingerprint density at radius 2 is 1.89 bits per heavy atom. The van der Waals surface area contributed by atoms with Gasteiger partial charge in [0.1, 0.15) is 5.75 Å². The van der Waals surface area contributed by atoms with Gasteiger partial charge in [-0.2, -0.15) is 0 Å². The number of hydrogen-bond acceptors (Lipinski definition) is 4. The fraction of sp³-hybridized carbons (Fsp3) is 0.143. The zero-order valence-electron chi connectivity index (χ0n) is 15.4. The molecule has 0 aliphatic heterocycles. The minimum atomic E-state index is -0.736. The molecule has 0 saturated carbocycles. The first-order valence-corrected chi connectivity index (χ1v) is 8.99. The van der Waals surface area contributed by atoms with Crippen LogP contribution >= 0.6 is 11.6 Å². The lowest BCUT2D eigenvalue weighted by molar-refractivity contribution is -0.122. The second-order valence-corrected chi connectivity index (χ2v) is 6.61. The van der Waals surface area contributed by atoms with E-state index >= 15 is 0 Å². The Hall–Kier alpha value is -3.25. The van der Waals surface area contributed by atoms with Crippen LogP contribution in [0.15, 0.2) is 65.3 Å². The van der Waals surface area contributed by atoms with Crippen LogP contribution in [0.5, 0.6) is 5.75 Å². The van der Waals surface area contributed by atoms with E-state index in [0.29, 0.717) is 27.9 Å². The quantitative estimate of drug-likeness (QED) is 0.618. The first kappa shape index (κ1) is 19.5. The molecule has 2 amide bonds. The molecule has 0 bridgehead atoms. The molecular formula is C21H19ClN2O4. The van der Waals surface area contributed by atoms with Crippen molar-refractivity contribution >= 4 is 35.0 Å². The largest absolute Gasteiger partial charge is 0.481 e. The van der Waals surface area contributed by atoms with Gasteiger partial charge in [-0.05, 0) is 61.9 Å². The molecule has 3 rings (SSSR count). The van der Waals surface area contributed by atoms with Crippen molar-refractivity contribution in [1.82, 2.24) is 0 Å². The number of rotatable bonds is 6. The van der Waals surface area contributed by atoms with E-state index < -0.39 is 6.10 Å². The number of carbonyl (C=O) groups is 2. The highest BCUT2D eigenvalue weighted by Gasteiger charge is 2.17. The predicted octanol–water partition coefficient (Wildman–Crippen LogP) is 4.90. The predicted molar refractivity (Wildman–Crippen MR) is 108 cm³/mol. The summed E-state index contributed by atoms with van der Waals surface area (Å²) >= 11 is 5.93. The molecule has 0 saturated heterocycles. The van der Waals surface area contributed by atoms with Crippen molar-refractivity contribution in [3.63, 3.8) is 0 Å². The van der Waals surface area contributed by atoms with Gasteiger partial charge >= 0.3 is 0 Å². The van der Waals surface area contributed by atoms with Crippen LogP contribution in [-0.2, 0) is 4.79 Å². The summed E-state index contributed by atoms with van der Waals surface area (Å²) in [4.78, 5) is 24.7. The minimum Gasteiger partial charge on any atom is -0.481 e. The Bertz CT molecular complexity index is 986. The average molecular weight is 399 g/mol. The topological polar surface area (TPSA) is 80.6 Å². The highest BCUT2D eigenvalue weighted by Crippen LogP contribution is 2.23. The zero-order chi connectivity index (χ0) is 20.1. The Labute approximate surface area is 167 Å². The lowest BCUT2D eigenvalue weighted by Gasteiger charge is -2.16. The van der Waals surface area contributed by atoms with E-state index in [1.165, 1.54) is 6.26 Å². The molecule has 0 unspecified atom stereocenters. The maximum atomic E-state index is 12.5. The van der Waals surface area contributed by atoms with E-state index in [-0.39, 0.29) is 11.8 Å². The first-order chi connectivity index (χ1) is 13.4. The molecule has 2 aromatic carbocycles. The van der Waals surface area contributed by atoms with Gasteiger partial charge in [0.25, 0.3) is 11.8 Å². The second kappa shape index (κ2) is 8.63. The lowest BCUT2D eigenvalue weighted by atomic mass is 10.2. The standard InChI is InChI=1S/C21H19ClN2O4/c1-13-11-16(22)8-9-18(13)28-14(2)20(25)23-17-6-3-5-15(12-17)21(26)24-19-7-4-10-27-19/h3-12,14H,1-2H3,(H,23,25)(H,24,26)/t14-/m0/s1. The summed E-state index contributed by atoms with van der Waals surface area (Å²) in [6, 6.07) is 15.1. The van der Waals surface area contributed by atoms with Crippen LogP contribution < -0.4 is 15.4 Å². The van der Waals surface area contributed by atoms with Crippen LogP contribution in [0.4, 0.5) is 11.6 Å². The number of halogens is 1. The van der Waals surface area contributed by atoms with Gasteiger partial charge in [0.2, 0.25) is 0 Å². The van der Waals surface area contributed by atoms with Crippen molar-refractivity contribution in [2.24, 2.45) is 0 Å². The molecule has 2 N–H and O–H groups in total. The van der Waals surface area contributed by atoms with E-state index in [0.717, 1.165) is 5.56 Å². The number of aryl methyl sites for hydroxylation is 1. The Morgan fingerprint density at radius 1 is 1.07 bits per heavy atom. The number of hydrogen-bond donors (Lipinski definition) is 2. The molecule has 1 atom stereocenters. The molecule has 7 heteroatoms. The summed E-state index contributed by atoms with van der Waals surface area (Å²) in [6.45, 7) is 3.50. The molecule has 3 aromatic rings. The maximum absolute atomic E-state index is 12.5. The third kappa shape index (κ3) is 4.92. The first-order valence-electron chi connectivity index (χ1n) is 8.61. The molecule has 0 aliphatic carbocycles. The molecule has 144 valence electrons. The van der Waals surface area contributed by atoms with E-state index in [2.05, 4.69) is 10.6 Å². The van der Waals surface area contributed by atoms with Crippen molar-refractivity contribution in [3.8, 4) is 5.75 Å². The van der Waals surface area contributed by atoms with Gasteiger partial charge in [0, 0.05) is 22.3 Å². The summed E-state index contributed by atoms with van der Waals surface area (Å²) in [5.74, 6) is 0.253. The van der Waals surface area contributed by atoms with E-state index in [1.807, 2.05) is 6.92 Å². The number of furan rings is 1. The van der Waals surface area contributed by atoms with Crippen LogP contribution in [0.3, 0.4) is 0 Å². The highest BCUT2D eigenvalue weighted by molar-refractivity contribution is 6.30. The Balaban J connectivity index is 1.64. The van der Waals surface area contributed by atoms with Gasteiger partial charge in [-0.1, -0.05) is 17.7 Å². The number of ether oxygens (including phenoxy) is 1. The molecule has 0 spiro atoms. The van der Waals surface area contributed by atoms with Crippen molar-refractivity contribution in [1.29, 1.82) is 0 Å². The van der Waals surface area contributed by atoms with Gasteiger partial charge in [0.15, 0.2) is 12.0 Å². The Kier molecular flexibility index (Phi) is 6.01. The monoisotopic (exact) mass is 398 g/mol. The number of benzene rings is 2. The van der Waals surface area contributed by atoms with Gasteiger partial charge in [0.05, 0.1) is 6.26 Å². The average Bonchev–Trinajstić information content (AvgIpc) is 3.17. The van der Waals surface area contributed by atoms with Gasteiger partial charge < -0.3 is 14.5 Å². The zero-order valence-corrected chi connectivity index (χ0v) is 16.1. The molecule has 0 fully saturated rings. The van der Waals surface area contributed by atoms with Gasteiger partial charge in [-0.25, -0.2) is 0 Å². The lowest BCUT2D eigenvalue weighted by Crippen LogP contribution is -2.30. The second-order valence-electron chi connectivity index (χ2n) is 6.17. The molecule has 28 heavy (non-hydrogen) atoms. The highest BCUT2D eigenvalue weighted by atomic mass is 35.5. The number of carbonyl (C=O) groups excluding carboxylic acids is 2. The smallest absolute Gasteiger partial charge is 0.265 e. The van der Waals surface area contributed by atoms with Gasteiger partial charge in [-0.15, -0.1) is 0 Å². The van der Waals surface area contributed by atoms with Gasteiger partial charge in [-0.3, -0.25) is 14.9 Å². The van der Waals surface area contributed by atoms with Crippen molar-refractivity contribution < 1.29 is 18.7 Å². The van der Waals surface area contributed by atoms with E-state index in [4.69, 9.17) is 20.8 Å². The van der Waals surface area contributed by atoms with Crippen molar-refractivity contribution in [3.05, 3.63) is 77.0 Å². The number of amides is 2. The Morgan fingerprint density at radius 3 is 2.61 bits per heavy atom.